The number of benzene rings is 4. The Hall–Kier alpha value is -12.2. The van der Waals surface area contributed by atoms with E-state index in [0.717, 1.165) is 19.6 Å². The number of aliphatic hydroxyl groups is 2. The summed E-state index contributed by atoms with van der Waals surface area (Å²) >= 11 is 4.59. The van der Waals surface area contributed by atoms with Gasteiger partial charge in [-0.15, -0.1) is 23.5 Å². The molecule has 16 atom stereocenters. The van der Waals surface area contributed by atoms with Gasteiger partial charge in [-0.1, -0.05) is 58.9 Å². The van der Waals surface area contributed by atoms with Gasteiger partial charge in [0.2, 0.25) is 82.7 Å². The molecule has 0 saturated carbocycles. The molecule has 43 nitrogen and oxygen atoms in total. The number of nitrogens with zero attached hydrogens (tertiary/aromatic N) is 7. The van der Waals surface area contributed by atoms with Crippen molar-refractivity contribution in [3.8, 4) is 23.0 Å². The third-order valence-electron chi connectivity index (χ3n) is 26.6. The van der Waals surface area contributed by atoms with Crippen LogP contribution >= 0.6 is 46.4 Å². The van der Waals surface area contributed by atoms with Gasteiger partial charge in [0.15, 0.2) is 35.5 Å². The molecule has 8 unspecified atom stereocenters. The Morgan fingerprint density at radius 1 is 0.458 bits per heavy atom. The third-order valence-corrected chi connectivity index (χ3v) is 32.7. The van der Waals surface area contributed by atoms with Crippen LogP contribution in [0.5, 0.6) is 23.0 Å². The van der Waals surface area contributed by atoms with E-state index < -0.39 is 212 Å². The molecule has 6 fully saturated rings. The van der Waals surface area contributed by atoms with Crippen molar-refractivity contribution in [2.75, 3.05) is 87.1 Å². The van der Waals surface area contributed by atoms with E-state index in [1.807, 2.05) is 23.9 Å². The molecule has 4 aromatic rings. The Morgan fingerprint density at radius 2 is 0.859 bits per heavy atom. The lowest BCUT2D eigenvalue weighted by atomic mass is 10.0. The molecule has 12 bridgehead atoms. The molecule has 12 N–H and O–H groups in total. The van der Waals surface area contributed by atoms with Crippen molar-refractivity contribution >= 4 is 176 Å². The number of rotatable bonds is 4. The molecule has 0 aliphatic carbocycles. The Kier molecular flexibility index (Phi) is 35.4. The van der Waals surface area contributed by atoms with Crippen LogP contribution in [-0.2, 0) is 89.8 Å². The molecule has 46 heteroatoms. The van der Waals surface area contributed by atoms with Crippen LogP contribution in [0.3, 0.4) is 0 Å². The third kappa shape index (κ3) is 24.7. The number of fused-ring (bicyclic) bond motifs is 9. The predicted octanol–water partition coefficient (Wildman–Crippen LogP) is 5.07. The normalized spacial score (nSPS) is 29.0. The Labute approximate surface area is 843 Å². The number of anilines is 4. The first-order valence-electron chi connectivity index (χ1n) is 47.9. The quantitative estimate of drug-likeness (QED) is 0.0549. The fourth-order valence-electron chi connectivity index (χ4n) is 18.4. The summed E-state index contributed by atoms with van der Waals surface area (Å²) < 4.78 is 37.8. The minimum absolute atomic E-state index is 0.00808. The molecule has 142 heavy (non-hydrogen) atoms. The van der Waals surface area contributed by atoms with Crippen molar-refractivity contribution in [2.45, 2.75) is 259 Å². The summed E-state index contributed by atoms with van der Waals surface area (Å²) in [7, 11) is 2.79. The van der Waals surface area contributed by atoms with Gasteiger partial charge in [0.25, 0.3) is 11.8 Å². The molecule has 11 aliphatic heterocycles. The molecule has 4 aromatic carbocycles. The predicted molar refractivity (Wildman–Crippen MR) is 525 cm³/mol. The van der Waals surface area contributed by atoms with Crippen molar-refractivity contribution in [3.05, 3.63) is 95.1 Å². The molecule has 11 aliphatic rings. The average molecular weight is 2120 g/mol. The lowest BCUT2D eigenvalue weighted by Gasteiger charge is -2.31. The van der Waals surface area contributed by atoms with Gasteiger partial charge in [0.1, 0.15) is 59.2 Å². The topological polar surface area (TPSA) is 546 Å². The smallest absolute Gasteiger partial charge is 0.416 e. The van der Waals surface area contributed by atoms with E-state index in [4.69, 9.17) is 28.4 Å². The van der Waals surface area contributed by atoms with Gasteiger partial charge in [-0.25, -0.2) is 22.5 Å². The molecule has 18 amide bonds. The largest absolute Gasteiger partial charge is 0.493 e. The lowest BCUT2D eigenvalue weighted by molar-refractivity contribution is -0.140. The van der Waals surface area contributed by atoms with E-state index in [-0.39, 0.29) is 173 Å². The van der Waals surface area contributed by atoms with Crippen LogP contribution < -0.4 is 81.9 Å². The minimum atomic E-state index is -1.96. The van der Waals surface area contributed by atoms with Crippen LogP contribution in [0.2, 0.25) is 0 Å². The second-order valence-electron chi connectivity index (χ2n) is 37.7. The summed E-state index contributed by atoms with van der Waals surface area (Å²) in [5, 5.41) is 49.1. The maximum absolute atomic E-state index is 14.8. The number of aliphatic hydroxyl groups excluding tert-OH is 2. The first-order valence-corrected chi connectivity index (χ1v) is 50.6. The highest BCUT2D eigenvalue weighted by Crippen LogP contribution is 2.69. The maximum atomic E-state index is 14.8. The average Bonchev–Trinajstić information content (AvgIpc) is 1.52. The second kappa shape index (κ2) is 46.9. The van der Waals surface area contributed by atoms with E-state index in [1.165, 1.54) is 110 Å². The van der Waals surface area contributed by atoms with Crippen LogP contribution in [0.1, 0.15) is 197 Å². The van der Waals surface area contributed by atoms with Gasteiger partial charge >= 0.3 is 12.2 Å². The van der Waals surface area contributed by atoms with Crippen molar-refractivity contribution in [3.63, 3.8) is 0 Å². The van der Waals surface area contributed by atoms with E-state index >= 15 is 0 Å². The van der Waals surface area contributed by atoms with Crippen LogP contribution in [-0.4, -0.2) is 287 Å². The number of halogens is 1. The number of hydrogen-bond acceptors (Lipinski definition) is 29. The number of thioether (sulfide) groups is 2. The van der Waals surface area contributed by atoms with Gasteiger partial charge in [-0.2, -0.15) is 0 Å². The second-order valence-corrected chi connectivity index (χ2v) is 41.8. The summed E-state index contributed by atoms with van der Waals surface area (Å²) in [5.74, 6) is -11.5. The van der Waals surface area contributed by atoms with E-state index in [1.54, 1.807) is 52.0 Å². The van der Waals surface area contributed by atoms with Gasteiger partial charge in [-0.05, 0) is 157 Å². The van der Waals surface area contributed by atoms with Crippen molar-refractivity contribution in [1.82, 2.24) is 65.2 Å². The molecule has 11 heterocycles. The number of amides is 18. The Bertz CT molecular complexity index is 5400. The fraction of sp³-hybridized carbons (Fsp3) is 0.562. The number of imide groups is 2. The zero-order valence-electron chi connectivity index (χ0n) is 81.0. The molecule has 0 radical (unpaired) electrons. The monoisotopic (exact) mass is 2120 g/mol. The number of carbonyl (C=O) groups is 18. The molecule has 0 aromatic heterocycles. The molecule has 0 spiro atoms. The van der Waals surface area contributed by atoms with Crippen LogP contribution in [0.25, 0.3) is 0 Å². The molecule has 15 rings (SSSR count). The van der Waals surface area contributed by atoms with E-state index in [2.05, 4.69) is 76.0 Å². The van der Waals surface area contributed by atoms with Crippen molar-refractivity contribution in [1.29, 1.82) is 0 Å². The molecular formula is C96H124IN17O26S2. The number of hydrogen-bond donors (Lipinski definition) is 12. The summed E-state index contributed by atoms with van der Waals surface area (Å²) in [6, 6.07) is 7.77. The standard InChI is InChI=1S/C96H124IN17O26S2/c1-50(2)77-85(125)100-53(6)81(121)102-57-29-25-55(26-30-57)48-139-93(133)112-62-43-67(65(135-10)41-59(62)87(127)108-35-17-20-61(108)89(112)129)137-38-13-12-14-39-138-68-44-63-60(42-66(68)136-11)88(128)111-47-52(5)40-64(111)90(130)113(63)94(134)140-49-56-27-31-58(32-28-56)103-82(122)54(7)101-86(126)78(51(3)4)105-72(116)22-16-34-99-84(124)80-79(83(123)98-33-15-21-71(115)104-77)106-73(117)23-18-36-109-75(119)45-69(91(109)131)141-95(8)96(9,114(95)97)142-70-46-76(120)110(92(70)132)37-19-24-74(118)107-80/h25-32,41-44,50-54,61,64,69-70,77-80,89-90,129-130H,12-24,33-40,45-49H2,1-11H3,(H,98,123)(H,99,124)(H,100,125)(H,101,126)(H,102,121)(H,103,122)(H,104,115)(H,105,116)(H,106,117)(H,107,118)/t52?,53-,54-,61-,64-,69?,70?,77-,78-,79+,80-,89?,90?,95?,96?,114?/m0/s1. The molecule has 768 valence electrons. The van der Waals surface area contributed by atoms with E-state index in [0.29, 0.717) is 56.2 Å². The number of methoxy groups -OCH3 is 2. The first kappa shape index (κ1) is 107. The first-order chi connectivity index (χ1) is 67.6. The number of nitrogens with one attached hydrogen (secondary N) is 10. The summed E-state index contributed by atoms with van der Waals surface area (Å²) in [6.07, 6.45) is -4.87. The summed E-state index contributed by atoms with van der Waals surface area (Å²) in [4.78, 5) is 260. The Morgan fingerprint density at radius 3 is 1.27 bits per heavy atom. The van der Waals surface area contributed by atoms with Crippen molar-refractivity contribution < 1.29 is 125 Å². The van der Waals surface area contributed by atoms with Gasteiger partial charge in [-0.3, -0.25) is 86.5 Å². The van der Waals surface area contributed by atoms with Crippen molar-refractivity contribution in [2.24, 2.45) is 17.8 Å². The Balaban J connectivity index is 0.721. The fourth-order valence-corrected chi connectivity index (χ4v) is 23.7. The number of ether oxygens (including phenoxy) is 6. The SMILES string of the molecule is COc1cc2c3cc1OCCCCCOc1cc4c(cc1OC)C(=O)N1CC(C)C[C@H]1C(O)N4C(=O)OCc1ccc(cc1)NC(=O)[C@H](C)NC(=O)[C@H](C(C)C)NC(=O)CCCNC(=O)[C@H]1NC(=O)CCCN4C(=O)CC(SC5(C)N(I)C5(C)SC5CC(=O)N(CCCC(=O)N[C@H]1C(=O)NCCCC(=O)N[C@@H](C(C)C)C(=O)N[C@@H](C)C(=O)Nc1ccc(cc1)COC(=O)N3C(O)[C@@H]1CCCN1C2=O)C5=O)C4=O. The summed E-state index contributed by atoms with van der Waals surface area (Å²) in [6.45, 7) is 14.1. The highest BCUT2D eigenvalue weighted by atomic mass is 127. The van der Waals surface area contributed by atoms with E-state index in [9.17, 15) is 96.5 Å². The highest BCUT2D eigenvalue weighted by Gasteiger charge is 2.73. The number of carbonyl (C=O) groups excluding carboxylic acids is 18. The van der Waals surface area contributed by atoms with Gasteiger partial charge < -0.3 is 102 Å². The maximum Gasteiger partial charge on any atom is 0.416 e. The lowest BCUT2D eigenvalue weighted by Crippen LogP contribution is -2.63. The van der Waals surface area contributed by atoms with Crippen LogP contribution in [0.4, 0.5) is 32.3 Å². The van der Waals surface area contributed by atoms with Gasteiger partial charge in [0.05, 0.1) is 72.5 Å². The van der Waals surface area contributed by atoms with Crippen LogP contribution in [0.15, 0.2) is 72.8 Å². The highest BCUT2D eigenvalue weighted by molar-refractivity contribution is 14.1. The minimum Gasteiger partial charge on any atom is -0.493 e. The van der Waals surface area contributed by atoms with Crippen LogP contribution in [0, 0.1) is 17.8 Å². The summed E-state index contributed by atoms with van der Waals surface area (Å²) in [5.41, 5.74) is 1.48. The molecular weight excluding hydrogens is 2000 g/mol. The zero-order chi connectivity index (χ0) is 103. The van der Waals surface area contributed by atoms with Gasteiger partial charge in [0, 0.05) is 124 Å². The zero-order valence-corrected chi connectivity index (χ0v) is 84.8. The molecule has 6 saturated heterocycles.